The standard InChI is InChI=1S/C6H2Br2N2S3/c7-2-1-3(12-4(2)8)5-9-6(11)13-10-5/h1H,(H,9,10,11). The number of aromatic nitrogens is 2. The Morgan fingerprint density at radius 2 is 2.15 bits per heavy atom. The van der Waals surface area contributed by atoms with E-state index in [0.29, 0.717) is 4.34 Å². The van der Waals surface area contributed by atoms with Crippen LogP contribution in [0.2, 0.25) is 0 Å². The highest BCUT2D eigenvalue weighted by Gasteiger charge is 2.10. The topological polar surface area (TPSA) is 25.8 Å². The van der Waals surface area contributed by atoms with Gasteiger partial charge in [0.25, 0.3) is 0 Å². The molecule has 2 aromatic rings. The van der Waals surface area contributed by atoms with E-state index in [1.165, 1.54) is 11.5 Å². The molecule has 0 aliphatic rings. The molecule has 2 heterocycles. The summed E-state index contributed by atoms with van der Waals surface area (Å²) in [5.74, 6) is 0.742. The van der Waals surface area contributed by atoms with Crippen LogP contribution < -0.4 is 0 Å². The van der Waals surface area contributed by atoms with Gasteiger partial charge in [0.05, 0.1) is 8.66 Å². The summed E-state index contributed by atoms with van der Waals surface area (Å²) in [5, 5.41) is 0. The fourth-order valence-corrected chi connectivity index (χ4v) is 3.45. The van der Waals surface area contributed by atoms with Gasteiger partial charge >= 0.3 is 0 Å². The van der Waals surface area contributed by atoms with Crippen molar-refractivity contribution in [1.82, 2.24) is 9.36 Å². The Kier molecular flexibility index (Phi) is 3.09. The average molecular weight is 358 g/mol. The van der Waals surface area contributed by atoms with Crippen LogP contribution in [0.3, 0.4) is 0 Å². The van der Waals surface area contributed by atoms with Crippen LogP contribution in [-0.4, -0.2) is 9.36 Å². The van der Waals surface area contributed by atoms with Gasteiger partial charge in [-0.3, -0.25) is 0 Å². The number of hydrogen-bond donors (Lipinski definition) is 1. The van der Waals surface area contributed by atoms with E-state index in [1.807, 2.05) is 6.07 Å². The summed E-state index contributed by atoms with van der Waals surface area (Å²) >= 11 is 13.8. The third-order valence-corrected chi connectivity index (χ3v) is 5.40. The molecule has 0 unspecified atom stereocenters. The van der Waals surface area contributed by atoms with Gasteiger partial charge < -0.3 is 0 Å². The molecule has 0 radical (unpaired) electrons. The minimum Gasteiger partial charge on any atom is -0.208 e. The lowest BCUT2D eigenvalue weighted by Gasteiger charge is -1.83. The summed E-state index contributed by atoms with van der Waals surface area (Å²) in [6.45, 7) is 0. The maximum atomic E-state index is 4.18. The Morgan fingerprint density at radius 1 is 1.38 bits per heavy atom. The van der Waals surface area contributed by atoms with Gasteiger partial charge in [-0.2, -0.15) is 4.37 Å². The lowest BCUT2D eigenvalue weighted by atomic mass is 10.4. The van der Waals surface area contributed by atoms with Crippen LogP contribution >= 0.6 is 67.4 Å². The molecule has 0 saturated carbocycles. The molecular formula is C6H2Br2N2S3. The van der Waals surface area contributed by atoms with E-state index in [1.54, 1.807) is 11.3 Å². The summed E-state index contributed by atoms with van der Waals surface area (Å²) < 4.78 is 6.94. The van der Waals surface area contributed by atoms with Gasteiger partial charge in [0, 0.05) is 4.47 Å². The van der Waals surface area contributed by atoms with Crippen LogP contribution in [0.4, 0.5) is 0 Å². The first-order valence-corrected chi connectivity index (χ1v) is 6.77. The Morgan fingerprint density at radius 3 is 2.62 bits per heavy atom. The maximum absolute atomic E-state index is 4.18. The zero-order chi connectivity index (χ0) is 9.42. The van der Waals surface area contributed by atoms with Gasteiger partial charge in [-0.25, -0.2) is 4.98 Å². The minimum atomic E-state index is 0.690. The van der Waals surface area contributed by atoms with E-state index in [-0.39, 0.29) is 0 Å². The molecule has 0 aromatic carbocycles. The molecule has 2 aromatic heterocycles. The van der Waals surface area contributed by atoms with Crippen LogP contribution in [0.1, 0.15) is 0 Å². The summed E-state index contributed by atoms with van der Waals surface area (Å²) in [5.41, 5.74) is 0. The molecule has 0 spiro atoms. The van der Waals surface area contributed by atoms with Crippen LogP contribution in [0.25, 0.3) is 10.7 Å². The van der Waals surface area contributed by atoms with Crippen molar-refractivity contribution in [1.29, 1.82) is 0 Å². The Bertz CT molecular complexity index is 417. The van der Waals surface area contributed by atoms with Crippen molar-refractivity contribution in [2.45, 2.75) is 4.34 Å². The van der Waals surface area contributed by atoms with Crippen molar-refractivity contribution >= 4 is 67.4 Å². The Balaban J connectivity index is 2.46. The van der Waals surface area contributed by atoms with Crippen LogP contribution in [-0.2, 0) is 0 Å². The Hall–Kier alpha value is 0.570. The molecule has 0 N–H and O–H groups in total. The van der Waals surface area contributed by atoms with Crippen LogP contribution in [0, 0.1) is 0 Å². The van der Waals surface area contributed by atoms with Crippen molar-refractivity contribution in [2.75, 3.05) is 0 Å². The number of thiophene rings is 1. The maximum Gasteiger partial charge on any atom is 0.184 e. The van der Waals surface area contributed by atoms with Crippen molar-refractivity contribution in [3.8, 4) is 10.7 Å². The second kappa shape index (κ2) is 3.98. The molecule has 2 rings (SSSR count). The highest BCUT2D eigenvalue weighted by atomic mass is 79.9. The van der Waals surface area contributed by atoms with Crippen molar-refractivity contribution in [3.63, 3.8) is 0 Å². The highest BCUT2D eigenvalue weighted by molar-refractivity contribution is 9.13. The third kappa shape index (κ3) is 2.15. The lowest BCUT2D eigenvalue weighted by Crippen LogP contribution is -1.72. The van der Waals surface area contributed by atoms with E-state index >= 15 is 0 Å². The van der Waals surface area contributed by atoms with Gasteiger partial charge in [0.15, 0.2) is 10.2 Å². The summed E-state index contributed by atoms with van der Waals surface area (Å²) in [6.07, 6.45) is 0. The lowest BCUT2D eigenvalue weighted by molar-refractivity contribution is 1.24. The molecular weight excluding hydrogens is 356 g/mol. The van der Waals surface area contributed by atoms with E-state index in [4.69, 9.17) is 0 Å². The third-order valence-electron chi connectivity index (χ3n) is 1.28. The van der Waals surface area contributed by atoms with Crippen molar-refractivity contribution in [3.05, 3.63) is 14.3 Å². The van der Waals surface area contributed by atoms with E-state index in [2.05, 4.69) is 53.8 Å². The average Bonchev–Trinajstić information content (AvgIpc) is 2.61. The molecule has 0 aliphatic heterocycles. The minimum absolute atomic E-state index is 0.690. The molecule has 0 fully saturated rings. The largest absolute Gasteiger partial charge is 0.208 e. The van der Waals surface area contributed by atoms with E-state index in [0.717, 1.165) is 19.0 Å². The van der Waals surface area contributed by atoms with Crippen LogP contribution in [0.5, 0.6) is 0 Å². The Labute approximate surface area is 105 Å². The number of thiol groups is 1. The van der Waals surface area contributed by atoms with Gasteiger partial charge in [-0.05, 0) is 49.5 Å². The highest BCUT2D eigenvalue weighted by Crippen LogP contribution is 2.37. The molecule has 0 aliphatic carbocycles. The van der Waals surface area contributed by atoms with Crippen molar-refractivity contribution in [2.24, 2.45) is 0 Å². The number of hydrogen-bond acceptors (Lipinski definition) is 5. The predicted molar refractivity (Wildman–Crippen MR) is 65.9 cm³/mol. The summed E-state index contributed by atoms with van der Waals surface area (Å²) in [7, 11) is 0. The molecule has 0 amide bonds. The number of rotatable bonds is 1. The summed E-state index contributed by atoms with van der Waals surface area (Å²) in [6, 6.07) is 1.99. The van der Waals surface area contributed by atoms with Gasteiger partial charge in [-0.1, -0.05) is 0 Å². The predicted octanol–water partition coefficient (Wildman–Crippen LogP) is 4.08. The smallest absolute Gasteiger partial charge is 0.184 e. The summed E-state index contributed by atoms with van der Waals surface area (Å²) in [4.78, 5) is 5.21. The molecule has 13 heavy (non-hydrogen) atoms. The van der Waals surface area contributed by atoms with Crippen molar-refractivity contribution < 1.29 is 0 Å². The SMILES string of the molecule is Sc1nc(-c2cc(Br)c(Br)s2)ns1. The molecule has 7 heteroatoms. The van der Waals surface area contributed by atoms with Gasteiger partial charge in [0.2, 0.25) is 0 Å². The van der Waals surface area contributed by atoms with E-state index < -0.39 is 0 Å². The fraction of sp³-hybridized carbons (Fsp3) is 0. The van der Waals surface area contributed by atoms with Crippen LogP contribution in [0.15, 0.2) is 18.7 Å². The molecule has 68 valence electrons. The molecule has 0 saturated heterocycles. The first kappa shape index (κ1) is 10.1. The van der Waals surface area contributed by atoms with Gasteiger partial charge in [-0.15, -0.1) is 24.0 Å². The quantitative estimate of drug-likeness (QED) is 0.778. The first-order chi connectivity index (χ1) is 6.16. The second-order valence-corrected chi connectivity index (χ2v) is 6.84. The number of nitrogens with zero attached hydrogens (tertiary/aromatic N) is 2. The normalized spacial score (nSPS) is 10.7. The second-order valence-electron chi connectivity index (χ2n) is 2.13. The fourth-order valence-electron chi connectivity index (χ4n) is 0.772. The molecule has 0 atom stereocenters. The monoisotopic (exact) mass is 356 g/mol. The zero-order valence-electron chi connectivity index (χ0n) is 5.99. The zero-order valence-corrected chi connectivity index (χ0v) is 11.7. The van der Waals surface area contributed by atoms with Gasteiger partial charge in [0.1, 0.15) is 0 Å². The first-order valence-electron chi connectivity index (χ1n) is 3.14. The van der Waals surface area contributed by atoms with E-state index in [9.17, 15) is 0 Å². The molecule has 2 nitrogen and oxygen atoms in total. The molecule has 0 bridgehead atoms. The number of halogens is 2.